The highest BCUT2D eigenvalue weighted by atomic mass is 35.5. The molecule has 0 aliphatic heterocycles. The molecule has 2 aromatic rings. The summed E-state index contributed by atoms with van der Waals surface area (Å²) in [5.74, 6) is -0.466. The summed E-state index contributed by atoms with van der Waals surface area (Å²) < 4.78 is 0. The molecule has 4 nitrogen and oxygen atoms in total. The summed E-state index contributed by atoms with van der Waals surface area (Å²) in [7, 11) is 0. The standard InChI is InChI=1S/C16H16Cl2N2O2/c1-10(13(21)9-11-5-3-2-4-6-11)19-16(22)15-12(17)7-8-14(18)20-15/h2-8,10,13,21H,9H2,1H3,(H,19,22)/t10-,13+/m0/s1. The van der Waals surface area contributed by atoms with E-state index in [0.29, 0.717) is 6.42 Å². The van der Waals surface area contributed by atoms with Crippen LogP contribution in [-0.2, 0) is 6.42 Å². The molecule has 0 unspecified atom stereocenters. The monoisotopic (exact) mass is 338 g/mol. The zero-order valence-electron chi connectivity index (χ0n) is 12.0. The fraction of sp³-hybridized carbons (Fsp3) is 0.250. The first kappa shape index (κ1) is 16.7. The molecule has 116 valence electrons. The lowest BCUT2D eigenvalue weighted by molar-refractivity contribution is 0.0847. The number of halogens is 2. The number of carbonyl (C=O) groups excluding carboxylic acids is 1. The van der Waals surface area contributed by atoms with Crippen LogP contribution >= 0.6 is 23.2 Å². The smallest absolute Gasteiger partial charge is 0.271 e. The van der Waals surface area contributed by atoms with Gasteiger partial charge < -0.3 is 10.4 Å². The summed E-state index contributed by atoms with van der Waals surface area (Å²) in [6, 6.07) is 12.1. The van der Waals surface area contributed by atoms with E-state index in [0.717, 1.165) is 5.56 Å². The van der Waals surface area contributed by atoms with Crippen molar-refractivity contribution in [3.8, 4) is 0 Å². The van der Waals surface area contributed by atoms with Crippen LogP contribution in [0.3, 0.4) is 0 Å². The first-order valence-corrected chi connectivity index (χ1v) is 7.58. The van der Waals surface area contributed by atoms with E-state index in [1.54, 1.807) is 6.92 Å². The van der Waals surface area contributed by atoms with E-state index >= 15 is 0 Å². The van der Waals surface area contributed by atoms with E-state index in [4.69, 9.17) is 23.2 Å². The lowest BCUT2D eigenvalue weighted by Gasteiger charge is -2.20. The van der Waals surface area contributed by atoms with Crippen LogP contribution in [0.1, 0.15) is 23.0 Å². The van der Waals surface area contributed by atoms with Crippen LogP contribution in [0.25, 0.3) is 0 Å². The zero-order chi connectivity index (χ0) is 16.1. The van der Waals surface area contributed by atoms with Gasteiger partial charge in [0.15, 0.2) is 0 Å². The van der Waals surface area contributed by atoms with E-state index < -0.39 is 18.1 Å². The molecule has 2 N–H and O–H groups in total. The summed E-state index contributed by atoms with van der Waals surface area (Å²) in [6.45, 7) is 1.73. The van der Waals surface area contributed by atoms with Crippen molar-refractivity contribution in [1.29, 1.82) is 0 Å². The molecule has 1 heterocycles. The summed E-state index contributed by atoms with van der Waals surface area (Å²) in [5, 5.41) is 13.3. The van der Waals surface area contributed by atoms with Gasteiger partial charge in [0.05, 0.1) is 17.2 Å². The number of aromatic nitrogens is 1. The zero-order valence-corrected chi connectivity index (χ0v) is 13.5. The number of hydrogen-bond acceptors (Lipinski definition) is 3. The van der Waals surface area contributed by atoms with Crippen molar-refractivity contribution >= 4 is 29.1 Å². The molecule has 1 aromatic heterocycles. The molecule has 2 atom stereocenters. The number of nitrogens with one attached hydrogen (secondary N) is 1. The molecule has 0 spiro atoms. The Bertz CT molecular complexity index is 650. The fourth-order valence-corrected chi connectivity index (χ4v) is 2.32. The molecule has 1 aromatic carbocycles. The van der Waals surface area contributed by atoms with E-state index in [9.17, 15) is 9.90 Å². The third-order valence-corrected chi connectivity index (χ3v) is 3.77. The first-order valence-electron chi connectivity index (χ1n) is 6.82. The number of benzene rings is 1. The van der Waals surface area contributed by atoms with Crippen molar-refractivity contribution in [3.05, 3.63) is 63.9 Å². The summed E-state index contributed by atoms with van der Waals surface area (Å²) in [5.41, 5.74) is 1.04. The van der Waals surface area contributed by atoms with Gasteiger partial charge in [0.2, 0.25) is 0 Å². The van der Waals surface area contributed by atoms with Gasteiger partial charge >= 0.3 is 0 Å². The fourth-order valence-electron chi connectivity index (χ4n) is 1.98. The molecule has 0 fully saturated rings. The Morgan fingerprint density at radius 1 is 1.23 bits per heavy atom. The largest absolute Gasteiger partial charge is 0.391 e. The average Bonchev–Trinajstić information content (AvgIpc) is 2.50. The number of aliphatic hydroxyl groups excluding tert-OH is 1. The minimum Gasteiger partial charge on any atom is -0.391 e. The van der Waals surface area contributed by atoms with Gasteiger partial charge in [-0.3, -0.25) is 4.79 Å². The lowest BCUT2D eigenvalue weighted by Crippen LogP contribution is -2.42. The predicted molar refractivity (Wildman–Crippen MR) is 87.3 cm³/mol. The molecule has 2 rings (SSSR count). The van der Waals surface area contributed by atoms with Crippen LogP contribution < -0.4 is 5.32 Å². The van der Waals surface area contributed by atoms with Crippen molar-refractivity contribution in [2.45, 2.75) is 25.5 Å². The second kappa shape index (κ2) is 7.58. The van der Waals surface area contributed by atoms with Gasteiger partial charge in [0.25, 0.3) is 5.91 Å². The highest BCUT2D eigenvalue weighted by Crippen LogP contribution is 2.17. The maximum absolute atomic E-state index is 12.2. The molecule has 0 radical (unpaired) electrons. The SMILES string of the molecule is C[C@H](NC(=O)c1nc(Cl)ccc1Cl)[C@H](O)Cc1ccccc1. The molecule has 0 saturated heterocycles. The molecule has 0 bridgehead atoms. The van der Waals surface area contributed by atoms with Gasteiger partial charge in [-0.25, -0.2) is 4.98 Å². The number of amides is 1. The van der Waals surface area contributed by atoms with Crippen molar-refractivity contribution < 1.29 is 9.90 Å². The van der Waals surface area contributed by atoms with Crippen LogP contribution in [0.4, 0.5) is 0 Å². The second-order valence-electron chi connectivity index (χ2n) is 4.98. The van der Waals surface area contributed by atoms with Crippen molar-refractivity contribution in [2.24, 2.45) is 0 Å². The number of aliphatic hydroxyl groups is 1. The summed E-state index contributed by atoms with van der Waals surface area (Å²) >= 11 is 11.7. The average molecular weight is 339 g/mol. The third kappa shape index (κ3) is 4.44. The van der Waals surface area contributed by atoms with Crippen LogP contribution in [-0.4, -0.2) is 28.1 Å². The molecular weight excluding hydrogens is 323 g/mol. The third-order valence-electron chi connectivity index (χ3n) is 3.25. The number of carbonyl (C=O) groups is 1. The molecule has 1 amide bonds. The van der Waals surface area contributed by atoms with Gasteiger partial charge in [-0.05, 0) is 24.6 Å². The van der Waals surface area contributed by atoms with Crippen molar-refractivity contribution in [2.75, 3.05) is 0 Å². The molecule has 0 aliphatic rings. The first-order chi connectivity index (χ1) is 10.5. The van der Waals surface area contributed by atoms with Gasteiger partial charge in [-0.15, -0.1) is 0 Å². The topological polar surface area (TPSA) is 62.2 Å². The predicted octanol–water partition coefficient (Wildman–Crippen LogP) is 3.11. The Kier molecular flexibility index (Phi) is 5.77. The Morgan fingerprint density at radius 3 is 2.59 bits per heavy atom. The molecular formula is C16H16Cl2N2O2. The Labute approximate surface area is 139 Å². The lowest BCUT2D eigenvalue weighted by atomic mass is 10.0. The molecule has 0 aliphatic carbocycles. The van der Waals surface area contributed by atoms with Crippen molar-refractivity contribution in [3.63, 3.8) is 0 Å². The number of rotatable bonds is 5. The molecule has 0 saturated carbocycles. The normalized spacial score (nSPS) is 13.5. The highest BCUT2D eigenvalue weighted by molar-refractivity contribution is 6.34. The quantitative estimate of drug-likeness (QED) is 0.823. The molecule has 22 heavy (non-hydrogen) atoms. The van der Waals surface area contributed by atoms with E-state index in [-0.39, 0.29) is 15.9 Å². The van der Waals surface area contributed by atoms with Gasteiger partial charge in [0.1, 0.15) is 10.8 Å². The Balaban J connectivity index is 2.00. The summed E-state index contributed by atoms with van der Waals surface area (Å²) in [6.07, 6.45) is -0.275. The van der Waals surface area contributed by atoms with Gasteiger partial charge in [-0.2, -0.15) is 0 Å². The van der Waals surface area contributed by atoms with Gasteiger partial charge in [-0.1, -0.05) is 53.5 Å². The van der Waals surface area contributed by atoms with E-state index in [2.05, 4.69) is 10.3 Å². The number of hydrogen-bond donors (Lipinski definition) is 2. The second-order valence-corrected chi connectivity index (χ2v) is 5.78. The van der Waals surface area contributed by atoms with Gasteiger partial charge in [0, 0.05) is 6.42 Å². The van der Waals surface area contributed by atoms with Crippen molar-refractivity contribution in [1.82, 2.24) is 10.3 Å². The number of pyridine rings is 1. The maximum atomic E-state index is 12.2. The van der Waals surface area contributed by atoms with Crippen LogP contribution in [0.5, 0.6) is 0 Å². The maximum Gasteiger partial charge on any atom is 0.271 e. The Morgan fingerprint density at radius 2 is 1.91 bits per heavy atom. The Hall–Kier alpha value is -1.62. The minimum atomic E-state index is -0.718. The van der Waals surface area contributed by atoms with Crippen LogP contribution in [0, 0.1) is 0 Å². The van der Waals surface area contributed by atoms with Crippen LogP contribution in [0.2, 0.25) is 10.2 Å². The molecule has 6 heteroatoms. The van der Waals surface area contributed by atoms with E-state index in [1.807, 2.05) is 30.3 Å². The van der Waals surface area contributed by atoms with E-state index in [1.165, 1.54) is 12.1 Å². The minimum absolute atomic E-state index is 0.0490. The van der Waals surface area contributed by atoms with Crippen LogP contribution in [0.15, 0.2) is 42.5 Å². The summed E-state index contributed by atoms with van der Waals surface area (Å²) in [4.78, 5) is 16.1. The number of nitrogens with zero attached hydrogens (tertiary/aromatic N) is 1. The highest BCUT2D eigenvalue weighted by Gasteiger charge is 2.20.